The van der Waals surface area contributed by atoms with Crippen LogP contribution in [0.1, 0.15) is 44.0 Å². The zero-order valence-electron chi connectivity index (χ0n) is 16.2. The molecule has 0 N–H and O–H groups in total. The lowest BCUT2D eigenvalue weighted by Crippen LogP contribution is -2.38. The van der Waals surface area contributed by atoms with E-state index in [0.717, 1.165) is 24.0 Å². The van der Waals surface area contributed by atoms with E-state index in [0.29, 0.717) is 31.6 Å². The number of amides is 2. The zero-order chi connectivity index (χ0) is 18.9. The molecule has 0 aliphatic carbocycles. The van der Waals surface area contributed by atoms with Crippen molar-refractivity contribution in [2.24, 2.45) is 12.5 Å². The summed E-state index contributed by atoms with van der Waals surface area (Å²) in [6.45, 7) is 8.81. The lowest BCUT2D eigenvalue weighted by atomic mass is 9.91. The van der Waals surface area contributed by atoms with Gasteiger partial charge in [0.2, 0.25) is 5.91 Å². The fourth-order valence-electron chi connectivity index (χ4n) is 3.39. The number of carbonyl (C=O) groups is 2. The van der Waals surface area contributed by atoms with Gasteiger partial charge in [0.25, 0.3) is 5.91 Å². The largest absolute Gasteiger partial charge is 0.341 e. The molecular weight excluding hydrogens is 328 g/mol. The fraction of sp³-hybridized carbons (Fsp3) is 0.550. The Balaban J connectivity index is 1.67. The maximum atomic E-state index is 12.9. The van der Waals surface area contributed by atoms with Gasteiger partial charge < -0.3 is 14.4 Å². The van der Waals surface area contributed by atoms with Gasteiger partial charge in [-0.15, -0.1) is 0 Å². The van der Waals surface area contributed by atoms with Crippen molar-refractivity contribution in [2.75, 3.05) is 26.2 Å². The molecule has 1 aliphatic heterocycles. The highest BCUT2D eigenvalue weighted by atomic mass is 16.2. The van der Waals surface area contributed by atoms with Crippen molar-refractivity contribution in [1.29, 1.82) is 0 Å². The molecule has 140 valence electrons. The van der Waals surface area contributed by atoms with E-state index in [1.807, 2.05) is 39.6 Å². The van der Waals surface area contributed by atoms with Gasteiger partial charge in [0, 0.05) is 45.2 Å². The predicted molar refractivity (Wildman–Crippen MR) is 102 cm³/mol. The molecule has 0 unspecified atom stereocenters. The van der Waals surface area contributed by atoms with Crippen molar-refractivity contribution in [3.63, 3.8) is 0 Å². The average Bonchev–Trinajstić information content (AvgIpc) is 2.79. The van der Waals surface area contributed by atoms with E-state index in [1.54, 1.807) is 6.33 Å². The number of fused-ring (bicyclic) bond motifs is 1. The van der Waals surface area contributed by atoms with Crippen molar-refractivity contribution in [3.05, 3.63) is 30.1 Å². The minimum absolute atomic E-state index is 0.0164. The number of hydrogen-bond donors (Lipinski definition) is 0. The van der Waals surface area contributed by atoms with Crippen LogP contribution in [0.4, 0.5) is 0 Å². The quantitative estimate of drug-likeness (QED) is 0.831. The molecule has 6 nitrogen and oxygen atoms in total. The number of benzene rings is 1. The summed E-state index contributed by atoms with van der Waals surface area (Å²) in [7, 11) is 1.94. The second-order valence-electron chi connectivity index (χ2n) is 8.32. The normalized spacial score (nSPS) is 16.0. The molecule has 1 saturated heterocycles. The molecule has 26 heavy (non-hydrogen) atoms. The minimum atomic E-state index is -0.0169. The van der Waals surface area contributed by atoms with Crippen LogP contribution in [0.3, 0.4) is 0 Å². The molecule has 0 atom stereocenters. The molecule has 2 aromatic rings. The third-order valence-electron chi connectivity index (χ3n) is 4.79. The van der Waals surface area contributed by atoms with Crippen LogP contribution in [0.25, 0.3) is 11.0 Å². The van der Waals surface area contributed by atoms with Gasteiger partial charge in [-0.05, 0) is 30.0 Å². The monoisotopic (exact) mass is 356 g/mol. The Bertz CT molecular complexity index is 819. The van der Waals surface area contributed by atoms with Gasteiger partial charge in [-0.1, -0.05) is 20.8 Å². The third-order valence-corrected chi connectivity index (χ3v) is 4.79. The van der Waals surface area contributed by atoms with Crippen LogP contribution >= 0.6 is 0 Å². The number of imidazole rings is 1. The van der Waals surface area contributed by atoms with E-state index in [1.165, 1.54) is 0 Å². The molecular formula is C20H28N4O2. The van der Waals surface area contributed by atoms with Gasteiger partial charge in [0.1, 0.15) is 0 Å². The summed E-state index contributed by atoms with van der Waals surface area (Å²) in [6.07, 6.45) is 3.11. The van der Waals surface area contributed by atoms with Gasteiger partial charge in [-0.25, -0.2) is 4.98 Å². The summed E-state index contributed by atoms with van der Waals surface area (Å²) in [6, 6.07) is 5.65. The van der Waals surface area contributed by atoms with Gasteiger partial charge in [-0.3, -0.25) is 9.59 Å². The SMILES string of the molecule is Cn1cnc2cc(C(=O)N3CCCN(C(=O)CC(C)(C)C)CC3)ccc21. The molecule has 0 bridgehead atoms. The Kier molecular flexibility index (Phi) is 5.03. The van der Waals surface area contributed by atoms with Gasteiger partial charge in [-0.2, -0.15) is 0 Å². The molecule has 0 saturated carbocycles. The second kappa shape index (κ2) is 7.09. The third kappa shape index (κ3) is 4.06. The van der Waals surface area contributed by atoms with Crippen LogP contribution in [0.5, 0.6) is 0 Å². The van der Waals surface area contributed by atoms with Gasteiger partial charge in [0.15, 0.2) is 0 Å². The van der Waals surface area contributed by atoms with Crippen LogP contribution in [-0.2, 0) is 11.8 Å². The highest BCUT2D eigenvalue weighted by Gasteiger charge is 2.25. The summed E-state index contributed by atoms with van der Waals surface area (Å²) >= 11 is 0. The Morgan fingerprint density at radius 2 is 1.77 bits per heavy atom. The Morgan fingerprint density at radius 3 is 2.50 bits per heavy atom. The number of aryl methyl sites for hydroxylation is 1. The second-order valence-corrected chi connectivity index (χ2v) is 8.32. The highest BCUT2D eigenvalue weighted by molar-refractivity contribution is 5.97. The van der Waals surface area contributed by atoms with Crippen LogP contribution in [0, 0.1) is 5.41 Å². The lowest BCUT2D eigenvalue weighted by molar-refractivity contribution is -0.132. The first kappa shape index (κ1) is 18.4. The van der Waals surface area contributed by atoms with Crippen molar-refractivity contribution >= 4 is 22.8 Å². The average molecular weight is 356 g/mol. The number of aromatic nitrogens is 2. The number of nitrogens with zero attached hydrogens (tertiary/aromatic N) is 4. The first-order valence-electron chi connectivity index (χ1n) is 9.23. The van der Waals surface area contributed by atoms with Crippen LogP contribution in [0.2, 0.25) is 0 Å². The van der Waals surface area contributed by atoms with Crippen LogP contribution in [0.15, 0.2) is 24.5 Å². The van der Waals surface area contributed by atoms with Gasteiger partial charge in [0.05, 0.1) is 17.4 Å². The molecule has 1 aliphatic rings. The summed E-state index contributed by atoms with van der Waals surface area (Å²) in [5.74, 6) is 0.198. The van der Waals surface area contributed by atoms with Gasteiger partial charge >= 0.3 is 0 Å². The maximum absolute atomic E-state index is 12.9. The molecule has 3 rings (SSSR count). The summed E-state index contributed by atoms with van der Waals surface area (Å²) in [4.78, 5) is 33.5. The predicted octanol–water partition coefficient (Wildman–Crippen LogP) is 2.68. The molecule has 2 heterocycles. The maximum Gasteiger partial charge on any atom is 0.253 e. The number of carbonyl (C=O) groups excluding carboxylic acids is 2. The summed E-state index contributed by atoms with van der Waals surface area (Å²) < 4.78 is 1.94. The van der Waals surface area contributed by atoms with Crippen LogP contribution < -0.4 is 0 Å². The Hall–Kier alpha value is -2.37. The Labute approximate surface area is 154 Å². The highest BCUT2D eigenvalue weighted by Crippen LogP contribution is 2.21. The van der Waals surface area contributed by atoms with Crippen molar-refractivity contribution in [1.82, 2.24) is 19.4 Å². The first-order chi connectivity index (χ1) is 12.2. The zero-order valence-corrected chi connectivity index (χ0v) is 16.2. The fourth-order valence-corrected chi connectivity index (χ4v) is 3.39. The number of rotatable bonds is 2. The topological polar surface area (TPSA) is 58.4 Å². The van der Waals surface area contributed by atoms with Crippen molar-refractivity contribution in [3.8, 4) is 0 Å². The van der Waals surface area contributed by atoms with E-state index in [2.05, 4.69) is 25.8 Å². The molecule has 2 amide bonds. The summed E-state index contributed by atoms with van der Waals surface area (Å²) in [5.41, 5.74) is 2.48. The van der Waals surface area contributed by atoms with E-state index in [4.69, 9.17) is 0 Å². The molecule has 1 fully saturated rings. The first-order valence-corrected chi connectivity index (χ1v) is 9.23. The standard InChI is InChI=1S/C20H28N4O2/c1-20(2,3)13-18(25)23-8-5-9-24(11-10-23)19(26)15-6-7-17-16(12-15)21-14-22(17)4/h6-7,12,14H,5,8-11,13H2,1-4H3. The molecule has 1 aromatic carbocycles. The number of hydrogen-bond acceptors (Lipinski definition) is 3. The lowest BCUT2D eigenvalue weighted by Gasteiger charge is -2.25. The summed E-state index contributed by atoms with van der Waals surface area (Å²) in [5, 5.41) is 0. The molecule has 6 heteroatoms. The van der Waals surface area contributed by atoms with E-state index in [9.17, 15) is 9.59 Å². The van der Waals surface area contributed by atoms with Crippen molar-refractivity contribution < 1.29 is 9.59 Å². The molecule has 1 aromatic heterocycles. The minimum Gasteiger partial charge on any atom is -0.341 e. The molecule has 0 spiro atoms. The van der Waals surface area contributed by atoms with Crippen molar-refractivity contribution in [2.45, 2.75) is 33.6 Å². The van der Waals surface area contributed by atoms with E-state index in [-0.39, 0.29) is 17.2 Å². The van der Waals surface area contributed by atoms with E-state index < -0.39 is 0 Å². The Morgan fingerprint density at radius 1 is 1.08 bits per heavy atom. The van der Waals surface area contributed by atoms with E-state index >= 15 is 0 Å². The van der Waals surface area contributed by atoms with Crippen LogP contribution in [-0.4, -0.2) is 57.3 Å². The smallest absolute Gasteiger partial charge is 0.253 e. The molecule has 0 radical (unpaired) electrons.